The Hall–Kier alpha value is -1.10. The molecule has 1 fully saturated rings. The summed E-state index contributed by atoms with van der Waals surface area (Å²) in [5.74, 6) is -2.30. The van der Waals surface area contributed by atoms with E-state index >= 15 is 0 Å². The van der Waals surface area contributed by atoms with Crippen LogP contribution in [0.3, 0.4) is 0 Å². The van der Waals surface area contributed by atoms with Crippen molar-refractivity contribution in [3.63, 3.8) is 0 Å². The second kappa shape index (κ2) is 12.4. The number of carboxylic acid groups (broad SMARTS) is 2. The lowest BCUT2D eigenvalue weighted by Crippen LogP contribution is -2.34. The summed E-state index contributed by atoms with van der Waals surface area (Å²) in [6.45, 7) is 2.46. The normalized spacial score (nSPS) is 17.0. The average molecular weight is 385 g/mol. The molecule has 1 rings (SSSR count). The Balaban J connectivity index is 2.02. The van der Waals surface area contributed by atoms with Gasteiger partial charge < -0.3 is 15.3 Å². The summed E-state index contributed by atoms with van der Waals surface area (Å²) < 4.78 is 0. The monoisotopic (exact) mass is 384 g/mol. The smallest absolute Gasteiger partial charge is 0.306 e. The van der Waals surface area contributed by atoms with Crippen molar-refractivity contribution in [2.45, 2.75) is 122 Å². The van der Waals surface area contributed by atoms with Gasteiger partial charge >= 0.3 is 11.9 Å². The zero-order valence-electron chi connectivity index (χ0n) is 17.2. The van der Waals surface area contributed by atoms with Gasteiger partial charge in [-0.1, -0.05) is 77.6 Å². The van der Waals surface area contributed by atoms with Gasteiger partial charge in [-0.05, 0) is 31.1 Å². The van der Waals surface area contributed by atoms with Gasteiger partial charge in [-0.25, -0.2) is 0 Å². The molecular formula is C22H40O5. The second-order valence-corrected chi connectivity index (χ2v) is 9.07. The maximum atomic E-state index is 10.8. The van der Waals surface area contributed by atoms with Crippen LogP contribution in [-0.2, 0) is 9.59 Å². The van der Waals surface area contributed by atoms with Crippen LogP contribution in [0.15, 0.2) is 0 Å². The van der Waals surface area contributed by atoms with Crippen LogP contribution >= 0.6 is 0 Å². The van der Waals surface area contributed by atoms with Crippen LogP contribution in [0.1, 0.15) is 116 Å². The molecule has 0 aliphatic heterocycles. The van der Waals surface area contributed by atoms with Crippen molar-refractivity contribution in [1.29, 1.82) is 0 Å². The van der Waals surface area contributed by atoms with Crippen molar-refractivity contribution in [2.24, 2.45) is 5.41 Å². The maximum absolute atomic E-state index is 10.8. The molecule has 0 heterocycles. The Bertz CT molecular complexity index is 424. The first-order chi connectivity index (χ1) is 12.7. The van der Waals surface area contributed by atoms with E-state index < -0.39 is 30.4 Å². The van der Waals surface area contributed by atoms with Crippen molar-refractivity contribution >= 4 is 11.9 Å². The minimum atomic E-state index is -1.62. The number of aliphatic carboxylic acids is 2. The molecule has 5 heteroatoms. The third-order valence-electron chi connectivity index (χ3n) is 6.19. The molecule has 0 spiro atoms. The van der Waals surface area contributed by atoms with Gasteiger partial charge in [-0.3, -0.25) is 9.59 Å². The van der Waals surface area contributed by atoms with Gasteiger partial charge in [0, 0.05) is 0 Å². The molecule has 1 aliphatic rings. The molecule has 27 heavy (non-hydrogen) atoms. The van der Waals surface area contributed by atoms with Crippen molar-refractivity contribution < 1.29 is 24.9 Å². The average Bonchev–Trinajstić information content (AvgIpc) is 2.55. The van der Waals surface area contributed by atoms with E-state index in [1.54, 1.807) is 0 Å². The van der Waals surface area contributed by atoms with E-state index in [9.17, 15) is 14.7 Å². The number of aliphatic hydroxyl groups is 1. The predicted octanol–water partition coefficient (Wildman–Crippen LogP) is 5.54. The molecule has 0 saturated heterocycles. The minimum Gasteiger partial charge on any atom is -0.481 e. The molecule has 0 atom stereocenters. The highest BCUT2D eigenvalue weighted by atomic mass is 16.4. The Kier molecular flexibility index (Phi) is 11.0. The van der Waals surface area contributed by atoms with E-state index in [0.29, 0.717) is 11.8 Å². The summed E-state index contributed by atoms with van der Waals surface area (Å²) in [6, 6.07) is 0. The van der Waals surface area contributed by atoms with E-state index in [4.69, 9.17) is 10.2 Å². The van der Waals surface area contributed by atoms with E-state index in [1.165, 1.54) is 64.2 Å². The molecule has 3 N–H and O–H groups in total. The van der Waals surface area contributed by atoms with Gasteiger partial charge in [-0.15, -0.1) is 0 Å². The molecular weight excluding hydrogens is 344 g/mol. The van der Waals surface area contributed by atoms with Crippen molar-refractivity contribution in [3.05, 3.63) is 0 Å². The van der Waals surface area contributed by atoms with Crippen LogP contribution in [0.25, 0.3) is 0 Å². The van der Waals surface area contributed by atoms with Gasteiger partial charge in [0.15, 0.2) is 0 Å². The van der Waals surface area contributed by atoms with Gasteiger partial charge in [0.1, 0.15) is 0 Å². The Labute approximate surface area is 164 Å². The largest absolute Gasteiger partial charge is 0.481 e. The quantitative estimate of drug-likeness (QED) is 0.322. The zero-order chi connectivity index (χ0) is 20.2. The Morgan fingerprint density at radius 1 is 0.778 bits per heavy atom. The fraction of sp³-hybridized carbons (Fsp3) is 0.909. The highest BCUT2D eigenvalue weighted by Gasteiger charge is 2.32. The molecule has 0 aromatic rings. The van der Waals surface area contributed by atoms with Crippen LogP contribution in [0.4, 0.5) is 0 Å². The summed E-state index contributed by atoms with van der Waals surface area (Å²) in [5, 5.41) is 27.9. The summed E-state index contributed by atoms with van der Waals surface area (Å²) in [7, 11) is 0. The minimum absolute atomic E-state index is 0.240. The van der Waals surface area contributed by atoms with Crippen molar-refractivity contribution in [2.75, 3.05) is 0 Å². The predicted molar refractivity (Wildman–Crippen MR) is 107 cm³/mol. The van der Waals surface area contributed by atoms with Gasteiger partial charge in [-0.2, -0.15) is 0 Å². The molecule has 0 bridgehead atoms. The lowest BCUT2D eigenvalue weighted by atomic mass is 9.72. The van der Waals surface area contributed by atoms with Gasteiger partial charge in [0.25, 0.3) is 0 Å². The lowest BCUT2D eigenvalue weighted by molar-refractivity contribution is -0.149. The Morgan fingerprint density at radius 3 is 1.70 bits per heavy atom. The van der Waals surface area contributed by atoms with Gasteiger partial charge in [0.2, 0.25) is 0 Å². The zero-order valence-corrected chi connectivity index (χ0v) is 17.2. The van der Waals surface area contributed by atoms with Crippen LogP contribution in [0.2, 0.25) is 0 Å². The van der Waals surface area contributed by atoms with Crippen LogP contribution in [-0.4, -0.2) is 32.9 Å². The topological polar surface area (TPSA) is 94.8 Å². The number of unbranched alkanes of at least 4 members (excludes halogenated alkanes) is 7. The molecule has 0 aromatic carbocycles. The first kappa shape index (κ1) is 23.9. The number of rotatable bonds is 15. The first-order valence-electron chi connectivity index (χ1n) is 10.9. The van der Waals surface area contributed by atoms with E-state index in [0.717, 1.165) is 19.3 Å². The number of hydrogen-bond donors (Lipinski definition) is 3. The molecule has 1 aliphatic carbocycles. The third-order valence-corrected chi connectivity index (χ3v) is 6.19. The van der Waals surface area contributed by atoms with Crippen LogP contribution < -0.4 is 0 Å². The molecule has 0 radical (unpaired) electrons. The van der Waals surface area contributed by atoms with Crippen LogP contribution in [0.5, 0.6) is 0 Å². The van der Waals surface area contributed by atoms with Crippen LogP contribution in [0, 0.1) is 5.41 Å². The van der Waals surface area contributed by atoms with Crippen molar-refractivity contribution in [3.8, 4) is 0 Å². The highest BCUT2D eigenvalue weighted by Crippen LogP contribution is 2.40. The molecule has 0 unspecified atom stereocenters. The first-order valence-corrected chi connectivity index (χ1v) is 10.9. The summed E-state index contributed by atoms with van der Waals surface area (Å²) in [6.07, 6.45) is 16.6. The van der Waals surface area contributed by atoms with E-state index in [1.807, 2.05) is 0 Å². The Morgan fingerprint density at radius 2 is 1.22 bits per heavy atom. The molecule has 0 amide bonds. The summed E-state index contributed by atoms with van der Waals surface area (Å²) in [4.78, 5) is 21.6. The third kappa shape index (κ3) is 11.4. The number of carbonyl (C=O) groups is 2. The van der Waals surface area contributed by atoms with Gasteiger partial charge in [0.05, 0.1) is 18.4 Å². The SMILES string of the molecule is CC1(CCCCCCCCCCC(O)(CC(=O)O)CC(=O)O)CCCCC1. The number of hydrogen-bond acceptors (Lipinski definition) is 3. The fourth-order valence-corrected chi connectivity index (χ4v) is 4.52. The molecule has 0 aromatic heterocycles. The molecule has 5 nitrogen and oxygen atoms in total. The van der Waals surface area contributed by atoms with Crippen molar-refractivity contribution in [1.82, 2.24) is 0 Å². The highest BCUT2D eigenvalue weighted by molar-refractivity contribution is 5.72. The van der Waals surface area contributed by atoms with E-state index in [-0.39, 0.29) is 6.42 Å². The lowest BCUT2D eigenvalue weighted by Gasteiger charge is -2.33. The second-order valence-electron chi connectivity index (χ2n) is 9.07. The maximum Gasteiger partial charge on any atom is 0.306 e. The summed E-state index contributed by atoms with van der Waals surface area (Å²) in [5.41, 5.74) is -1.02. The fourth-order valence-electron chi connectivity index (χ4n) is 4.52. The molecule has 1 saturated carbocycles. The summed E-state index contributed by atoms with van der Waals surface area (Å²) >= 11 is 0. The molecule has 158 valence electrons. The standard InChI is InChI=1S/C22H40O5/c1-21(14-10-8-11-15-21)13-9-6-4-2-3-5-7-12-16-22(27,17-19(23)24)18-20(25)26/h27H,2-18H2,1H3,(H,23,24)(H,25,26). The number of carboxylic acids is 2. The van der Waals surface area contributed by atoms with E-state index in [2.05, 4.69) is 6.92 Å².